The van der Waals surface area contributed by atoms with Crippen molar-refractivity contribution in [1.82, 2.24) is 9.88 Å². The van der Waals surface area contributed by atoms with Crippen molar-refractivity contribution in [2.75, 3.05) is 25.5 Å². The number of rotatable bonds is 5. The summed E-state index contributed by atoms with van der Waals surface area (Å²) < 4.78 is 5.05. The average Bonchev–Trinajstić information content (AvgIpc) is 3.05. The van der Waals surface area contributed by atoms with Crippen molar-refractivity contribution in [3.05, 3.63) is 46.4 Å². The highest BCUT2D eigenvalue weighted by molar-refractivity contribution is 7.09. The number of ether oxygens (including phenoxy) is 1. The molecular weight excluding hydrogens is 310 g/mol. The highest BCUT2D eigenvalue weighted by atomic mass is 32.1. The molecule has 1 aromatic heterocycles. The van der Waals surface area contributed by atoms with E-state index in [-0.39, 0.29) is 5.91 Å². The minimum Gasteiger partial charge on any atom is -0.382 e. The summed E-state index contributed by atoms with van der Waals surface area (Å²) in [5.74, 6) is 0.0294. The largest absolute Gasteiger partial charge is 0.382 e. The molecule has 2 aromatic rings. The number of carbonyl (C=O) groups excluding carboxylic acids is 1. The number of hydrogen-bond donors (Lipinski definition) is 1. The molecular formula is C17H21N3O2S. The number of methoxy groups -OCH3 is 1. The van der Waals surface area contributed by atoms with Crippen LogP contribution in [0.4, 0.5) is 5.69 Å². The van der Waals surface area contributed by atoms with Gasteiger partial charge in [0.05, 0.1) is 6.61 Å². The predicted octanol–water partition coefficient (Wildman–Crippen LogP) is 3.01. The number of hydrogen-bond acceptors (Lipinski definition) is 5. The zero-order valence-electron chi connectivity index (χ0n) is 13.2. The molecule has 0 bridgehead atoms. The van der Waals surface area contributed by atoms with E-state index in [4.69, 9.17) is 4.74 Å². The summed E-state index contributed by atoms with van der Waals surface area (Å²) in [4.78, 5) is 18.7. The van der Waals surface area contributed by atoms with Crippen LogP contribution in [-0.2, 0) is 11.3 Å². The van der Waals surface area contributed by atoms with Gasteiger partial charge in [0.25, 0.3) is 5.91 Å². The zero-order valence-corrected chi connectivity index (χ0v) is 14.0. The Bertz CT molecular complexity index is 636. The van der Waals surface area contributed by atoms with Crippen LogP contribution in [0, 0.1) is 0 Å². The van der Waals surface area contributed by atoms with E-state index in [9.17, 15) is 4.79 Å². The summed E-state index contributed by atoms with van der Waals surface area (Å²) in [7, 11) is 1.63. The first-order valence-corrected chi connectivity index (χ1v) is 8.68. The molecule has 122 valence electrons. The minimum absolute atomic E-state index is 0.0294. The first kappa shape index (κ1) is 16.0. The van der Waals surface area contributed by atoms with Gasteiger partial charge in [-0.3, -0.25) is 4.79 Å². The number of carbonyl (C=O) groups is 1. The van der Waals surface area contributed by atoms with Gasteiger partial charge in [-0.1, -0.05) is 18.2 Å². The molecule has 0 unspecified atom stereocenters. The van der Waals surface area contributed by atoms with Gasteiger partial charge < -0.3 is 15.0 Å². The molecule has 0 aliphatic carbocycles. The second kappa shape index (κ2) is 7.57. The van der Waals surface area contributed by atoms with E-state index in [1.807, 2.05) is 28.5 Å². The quantitative estimate of drug-likeness (QED) is 0.915. The lowest BCUT2D eigenvalue weighted by atomic mass is 10.0. The topological polar surface area (TPSA) is 54.5 Å². The van der Waals surface area contributed by atoms with Crippen LogP contribution >= 0.6 is 11.3 Å². The Labute approximate surface area is 140 Å². The summed E-state index contributed by atoms with van der Waals surface area (Å²) in [6.07, 6.45) is 1.91. The second-order valence-corrected chi connectivity index (χ2v) is 6.58. The summed E-state index contributed by atoms with van der Waals surface area (Å²) >= 11 is 1.47. The van der Waals surface area contributed by atoms with E-state index < -0.39 is 0 Å². The number of anilines is 1. The number of benzene rings is 1. The lowest BCUT2D eigenvalue weighted by Crippen LogP contribution is -2.42. The van der Waals surface area contributed by atoms with Crippen molar-refractivity contribution in [3.63, 3.8) is 0 Å². The molecule has 2 heterocycles. The van der Waals surface area contributed by atoms with Gasteiger partial charge in [-0.15, -0.1) is 11.3 Å². The van der Waals surface area contributed by atoms with Gasteiger partial charge in [0.1, 0.15) is 10.7 Å². The molecule has 0 radical (unpaired) electrons. The summed E-state index contributed by atoms with van der Waals surface area (Å²) in [6, 6.07) is 10.6. The Balaban J connectivity index is 1.52. The van der Waals surface area contributed by atoms with E-state index in [1.54, 1.807) is 7.11 Å². The molecule has 1 amide bonds. The van der Waals surface area contributed by atoms with E-state index in [0.29, 0.717) is 18.3 Å². The highest BCUT2D eigenvalue weighted by Crippen LogP contribution is 2.19. The van der Waals surface area contributed by atoms with Gasteiger partial charge in [0.2, 0.25) is 0 Å². The van der Waals surface area contributed by atoms with E-state index in [0.717, 1.165) is 36.6 Å². The minimum atomic E-state index is 0.0294. The number of nitrogens with one attached hydrogen (secondary N) is 1. The maximum absolute atomic E-state index is 12.5. The maximum Gasteiger partial charge on any atom is 0.273 e. The van der Waals surface area contributed by atoms with Gasteiger partial charge in [0, 0.05) is 37.3 Å². The molecule has 1 aliphatic rings. The molecule has 1 saturated heterocycles. The van der Waals surface area contributed by atoms with Crippen LogP contribution in [0.5, 0.6) is 0 Å². The lowest BCUT2D eigenvalue weighted by molar-refractivity contribution is 0.0712. The van der Waals surface area contributed by atoms with E-state index >= 15 is 0 Å². The van der Waals surface area contributed by atoms with Crippen LogP contribution in [-0.4, -0.2) is 42.0 Å². The van der Waals surface area contributed by atoms with Gasteiger partial charge in [-0.25, -0.2) is 4.98 Å². The average molecular weight is 331 g/mol. The van der Waals surface area contributed by atoms with Crippen LogP contribution < -0.4 is 5.32 Å². The number of nitrogens with zero attached hydrogens (tertiary/aromatic N) is 2. The zero-order chi connectivity index (χ0) is 16.1. The Morgan fingerprint density at radius 2 is 2.09 bits per heavy atom. The van der Waals surface area contributed by atoms with Crippen LogP contribution in [0.3, 0.4) is 0 Å². The number of aromatic nitrogens is 1. The van der Waals surface area contributed by atoms with Crippen LogP contribution in [0.15, 0.2) is 35.7 Å². The Kier molecular flexibility index (Phi) is 5.25. The molecule has 1 aliphatic heterocycles. The van der Waals surface area contributed by atoms with Crippen molar-refractivity contribution < 1.29 is 9.53 Å². The van der Waals surface area contributed by atoms with Crippen molar-refractivity contribution >= 4 is 22.9 Å². The number of likely N-dealkylation sites (tertiary alicyclic amines) is 1. The van der Waals surface area contributed by atoms with Crippen molar-refractivity contribution in [2.24, 2.45) is 0 Å². The number of amides is 1. The molecule has 0 spiro atoms. The van der Waals surface area contributed by atoms with E-state index in [1.165, 1.54) is 11.3 Å². The third kappa shape index (κ3) is 4.09. The fraction of sp³-hybridized carbons (Fsp3) is 0.412. The molecule has 3 rings (SSSR count). The number of para-hydroxylation sites is 1. The first-order chi connectivity index (χ1) is 11.3. The van der Waals surface area contributed by atoms with Crippen molar-refractivity contribution in [2.45, 2.75) is 25.5 Å². The van der Waals surface area contributed by atoms with Crippen molar-refractivity contribution in [3.8, 4) is 0 Å². The van der Waals surface area contributed by atoms with Crippen LogP contribution in [0.2, 0.25) is 0 Å². The molecule has 1 N–H and O–H groups in total. The first-order valence-electron chi connectivity index (χ1n) is 7.80. The molecule has 0 atom stereocenters. The maximum atomic E-state index is 12.5. The van der Waals surface area contributed by atoms with Gasteiger partial charge >= 0.3 is 0 Å². The molecule has 6 heteroatoms. The molecule has 1 aromatic carbocycles. The van der Waals surface area contributed by atoms with Crippen molar-refractivity contribution in [1.29, 1.82) is 0 Å². The Morgan fingerprint density at radius 1 is 1.35 bits per heavy atom. The smallest absolute Gasteiger partial charge is 0.273 e. The third-order valence-electron chi connectivity index (χ3n) is 3.97. The lowest BCUT2D eigenvalue weighted by Gasteiger charge is -2.32. The van der Waals surface area contributed by atoms with Crippen LogP contribution in [0.1, 0.15) is 28.3 Å². The third-order valence-corrected chi connectivity index (χ3v) is 4.79. The second-order valence-electron chi connectivity index (χ2n) is 5.64. The standard InChI is InChI=1S/C17H21N3O2S/c1-22-11-16-19-15(12-23-16)17(21)20-9-7-14(8-10-20)18-13-5-3-2-4-6-13/h2-6,12,14,18H,7-11H2,1H3. The Hall–Kier alpha value is -1.92. The normalized spacial score (nSPS) is 15.6. The fourth-order valence-electron chi connectivity index (χ4n) is 2.76. The van der Waals surface area contributed by atoms with Crippen LogP contribution in [0.25, 0.3) is 0 Å². The Morgan fingerprint density at radius 3 is 2.78 bits per heavy atom. The monoisotopic (exact) mass is 331 g/mol. The van der Waals surface area contributed by atoms with Gasteiger partial charge in [-0.05, 0) is 25.0 Å². The summed E-state index contributed by atoms with van der Waals surface area (Å²) in [5.41, 5.74) is 1.68. The molecule has 1 fully saturated rings. The predicted molar refractivity (Wildman–Crippen MR) is 91.8 cm³/mol. The van der Waals surface area contributed by atoms with Gasteiger partial charge in [-0.2, -0.15) is 0 Å². The highest BCUT2D eigenvalue weighted by Gasteiger charge is 2.25. The number of thiazole rings is 1. The SMILES string of the molecule is COCc1nc(C(=O)N2CCC(Nc3ccccc3)CC2)cs1. The molecule has 5 nitrogen and oxygen atoms in total. The molecule has 23 heavy (non-hydrogen) atoms. The summed E-state index contributed by atoms with van der Waals surface area (Å²) in [5, 5.41) is 6.20. The van der Waals surface area contributed by atoms with E-state index in [2.05, 4.69) is 22.4 Å². The number of piperidine rings is 1. The molecule has 0 saturated carbocycles. The fourth-order valence-corrected chi connectivity index (χ4v) is 3.50. The van der Waals surface area contributed by atoms with Gasteiger partial charge in [0.15, 0.2) is 0 Å². The summed E-state index contributed by atoms with van der Waals surface area (Å²) in [6.45, 7) is 1.99.